The molecule has 3 heterocycles. The number of carbonyl (C=O) groups excluding carboxylic acids is 2. The second-order valence-corrected chi connectivity index (χ2v) is 7.48. The van der Waals surface area contributed by atoms with Crippen LogP contribution in [0.25, 0.3) is 0 Å². The summed E-state index contributed by atoms with van der Waals surface area (Å²) < 4.78 is 0. The van der Waals surface area contributed by atoms with Gasteiger partial charge in [-0.25, -0.2) is 4.98 Å². The lowest BCUT2D eigenvalue weighted by Gasteiger charge is -2.47. The maximum absolute atomic E-state index is 12.3. The molecule has 138 valence electrons. The molecule has 0 radical (unpaired) electrons. The van der Waals surface area contributed by atoms with E-state index in [1.54, 1.807) is 6.33 Å². The number of nitrogens with zero attached hydrogens (tertiary/aromatic N) is 3. The number of hydrogen-bond acceptors (Lipinski definition) is 4. The monoisotopic (exact) mass is 347 g/mol. The van der Waals surface area contributed by atoms with Crippen LogP contribution < -0.4 is 5.32 Å². The van der Waals surface area contributed by atoms with Gasteiger partial charge in [0.05, 0.1) is 12.4 Å². The number of imidazole rings is 1. The van der Waals surface area contributed by atoms with Crippen molar-refractivity contribution < 1.29 is 9.59 Å². The molecule has 2 N–H and O–H groups in total. The first kappa shape index (κ1) is 17.9. The van der Waals surface area contributed by atoms with Crippen LogP contribution in [-0.2, 0) is 16.0 Å². The Hall–Kier alpha value is -1.89. The maximum Gasteiger partial charge on any atom is 0.239 e. The van der Waals surface area contributed by atoms with Gasteiger partial charge in [0.2, 0.25) is 11.8 Å². The van der Waals surface area contributed by atoms with Crippen LogP contribution in [0.1, 0.15) is 38.3 Å². The molecule has 7 nitrogen and oxygen atoms in total. The normalized spacial score (nSPS) is 21.6. The van der Waals surface area contributed by atoms with E-state index < -0.39 is 0 Å². The van der Waals surface area contributed by atoms with Crippen molar-refractivity contribution in [3.8, 4) is 0 Å². The van der Waals surface area contributed by atoms with Crippen LogP contribution in [0.3, 0.4) is 0 Å². The number of rotatable bonds is 5. The van der Waals surface area contributed by atoms with Crippen molar-refractivity contribution >= 4 is 11.8 Å². The third kappa shape index (κ3) is 4.03. The molecule has 2 fully saturated rings. The molecule has 0 aromatic carbocycles. The summed E-state index contributed by atoms with van der Waals surface area (Å²) >= 11 is 0. The maximum atomic E-state index is 12.3. The first-order valence-electron chi connectivity index (χ1n) is 9.24. The summed E-state index contributed by atoms with van der Waals surface area (Å²) in [5.41, 5.74) is 1.25. The second kappa shape index (κ2) is 7.56. The standard InChI is InChI=1S/C18H29N5O2/c1-14(19-2)17(25)22-9-6-18(7-10-22)5-3-16(24)23(12-18)8-4-15-11-20-13-21-15/h11,13-14,19H,3-10,12H2,1-2H3,(H,20,21). The van der Waals surface area contributed by atoms with Crippen LogP contribution in [0.2, 0.25) is 0 Å². The van der Waals surface area contributed by atoms with E-state index in [1.165, 1.54) is 0 Å². The van der Waals surface area contributed by atoms with E-state index in [0.717, 1.165) is 57.6 Å². The lowest BCUT2D eigenvalue weighted by Crippen LogP contribution is -2.54. The Bertz CT molecular complexity index is 593. The summed E-state index contributed by atoms with van der Waals surface area (Å²) in [5, 5.41) is 3.02. The summed E-state index contributed by atoms with van der Waals surface area (Å²) in [5.74, 6) is 0.438. The average Bonchev–Trinajstić information content (AvgIpc) is 3.15. The Kier molecular flexibility index (Phi) is 5.42. The lowest BCUT2D eigenvalue weighted by molar-refractivity contribution is -0.143. The Morgan fingerprint density at radius 3 is 2.80 bits per heavy atom. The van der Waals surface area contributed by atoms with E-state index in [-0.39, 0.29) is 23.3 Å². The molecule has 1 aromatic rings. The largest absolute Gasteiger partial charge is 0.348 e. The first-order chi connectivity index (χ1) is 12.0. The lowest BCUT2D eigenvalue weighted by atomic mass is 9.72. The fourth-order valence-corrected chi connectivity index (χ4v) is 3.99. The highest BCUT2D eigenvalue weighted by molar-refractivity contribution is 5.81. The highest BCUT2D eigenvalue weighted by Crippen LogP contribution is 2.40. The molecule has 2 aliphatic rings. The molecule has 2 amide bonds. The average molecular weight is 347 g/mol. The molecule has 3 rings (SSSR count). The van der Waals surface area contributed by atoms with Gasteiger partial charge >= 0.3 is 0 Å². The third-order valence-electron chi connectivity index (χ3n) is 5.89. The summed E-state index contributed by atoms with van der Waals surface area (Å²) in [7, 11) is 1.82. The summed E-state index contributed by atoms with van der Waals surface area (Å²) in [6.45, 7) is 5.07. The fraction of sp³-hybridized carbons (Fsp3) is 0.722. The van der Waals surface area contributed by atoms with Gasteiger partial charge in [0.1, 0.15) is 0 Å². The zero-order valence-corrected chi connectivity index (χ0v) is 15.3. The Morgan fingerprint density at radius 2 is 2.16 bits per heavy atom. The number of likely N-dealkylation sites (tertiary alicyclic amines) is 2. The van der Waals surface area contributed by atoms with E-state index in [4.69, 9.17) is 0 Å². The zero-order valence-electron chi connectivity index (χ0n) is 15.3. The number of hydrogen-bond donors (Lipinski definition) is 2. The van der Waals surface area contributed by atoms with Crippen LogP contribution >= 0.6 is 0 Å². The number of nitrogens with one attached hydrogen (secondary N) is 2. The van der Waals surface area contributed by atoms with Gasteiger partial charge in [-0.15, -0.1) is 0 Å². The van der Waals surface area contributed by atoms with Crippen molar-refractivity contribution in [2.75, 3.05) is 33.2 Å². The number of carbonyl (C=O) groups is 2. The van der Waals surface area contributed by atoms with Crippen LogP contribution in [0, 0.1) is 5.41 Å². The minimum absolute atomic E-state index is 0.132. The number of piperidine rings is 2. The minimum atomic E-state index is -0.132. The number of H-pyrrole nitrogens is 1. The Balaban J connectivity index is 1.56. The van der Waals surface area contributed by atoms with Crippen molar-refractivity contribution in [2.24, 2.45) is 5.41 Å². The van der Waals surface area contributed by atoms with Gasteiger partial charge in [0.25, 0.3) is 0 Å². The van der Waals surface area contributed by atoms with Gasteiger partial charge in [-0.2, -0.15) is 0 Å². The first-order valence-corrected chi connectivity index (χ1v) is 9.24. The number of likely N-dealkylation sites (N-methyl/N-ethyl adjacent to an activating group) is 1. The van der Waals surface area contributed by atoms with E-state index in [2.05, 4.69) is 15.3 Å². The Labute approximate surface area is 149 Å². The molecular formula is C18H29N5O2. The van der Waals surface area contributed by atoms with E-state index in [1.807, 2.05) is 30.0 Å². The van der Waals surface area contributed by atoms with Crippen LogP contribution in [-0.4, -0.2) is 70.9 Å². The molecule has 25 heavy (non-hydrogen) atoms. The van der Waals surface area contributed by atoms with Crippen molar-refractivity contribution in [1.29, 1.82) is 0 Å². The molecule has 1 unspecified atom stereocenters. The van der Waals surface area contributed by atoms with Crippen molar-refractivity contribution in [1.82, 2.24) is 25.1 Å². The number of amides is 2. The van der Waals surface area contributed by atoms with E-state index >= 15 is 0 Å². The molecule has 2 aliphatic heterocycles. The summed E-state index contributed by atoms with van der Waals surface area (Å²) in [6, 6.07) is -0.132. The van der Waals surface area contributed by atoms with Gasteiger partial charge in [0, 0.05) is 50.9 Å². The highest BCUT2D eigenvalue weighted by atomic mass is 16.2. The van der Waals surface area contributed by atoms with Crippen molar-refractivity contribution in [3.05, 3.63) is 18.2 Å². The Morgan fingerprint density at radius 1 is 1.40 bits per heavy atom. The predicted octanol–water partition coefficient (Wildman–Crippen LogP) is 0.791. The SMILES string of the molecule is CNC(C)C(=O)N1CCC2(CCC(=O)N(CCc3cnc[nH]3)C2)CC1. The van der Waals surface area contributed by atoms with Gasteiger partial charge in [-0.3, -0.25) is 9.59 Å². The topological polar surface area (TPSA) is 81.3 Å². The highest BCUT2D eigenvalue weighted by Gasteiger charge is 2.41. The quantitative estimate of drug-likeness (QED) is 0.825. The molecular weight excluding hydrogens is 318 g/mol. The minimum Gasteiger partial charge on any atom is -0.348 e. The summed E-state index contributed by atoms with van der Waals surface area (Å²) in [4.78, 5) is 35.8. The number of aromatic amines is 1. The van der Waals surface area contributed by atoms with Gasteiger partial charge in [-0.05, 0) is 38.6 Å². The van der Waals surface area contributed by atoms with Crippen LogP contribution in [0.4, 0.5) is 0 Å². The molecule has 1 atom stereocenters. The fourth-order valence-electron chi connectivity index (χ4n) is 3.99. The molecule has 7 heteroatoms. The van der Waals surface area contributed by atoms with Gasteiger partial charge < -0.3 is 20.1 Å². The second-order valence-electron chi connectivity index (χ2n) is 7.48. The predicted molar refractivity (Wildman–Crippen MR) is 94.9 cm³/mol. The molecule has 0 aliphatic carbocycles. The van der Waals surface area contributed by atoms with E-state index in [0.29, 0.717) is 6.42 Å². The van der Waals surface area contributed by atoms with E-state index in [9.17, 15) is 9.59 Å². The smallest absolute Gasteiger partial charge is 0.239 e. The van der Waals surface area contributed by atoms with Crippen molar-refractivity contribution in [3.63, 3.8) is 0 Å². The van der Waals surface area contributed by atoms with Crippen molar-refractivity contribution in [2.45, 2.75) is 45.1 Å². The zero-order chi connectivity index (χ0) is 17.9. The molecule has 1 spiro atoms. The van der Waals surface area contributed by atoms with Crippen LogP contribution in [0.5, 0.6) is 0 Å². The molecule has 2 saturated heterocycles. The number of aromatic nitrogens is 2. The van der Waals surface area contributed by atoms with Gasteiger partial charge in [-0.1, -0.05) is 0 Å². The summed E-state index contributed by atoms with van der Waals surface area (Å²) in [6.07, 6.45) is 7.86. The van der Waals surface area contributed by atoms with Crippen LogP contribution in [0.15, 0.2) is 12.5 Å². The molecule has 1 aromatic heterocycles. The molecule has 0 bridgehead atoms. The van der Waals surface area contributed by atoms with Gasteiger partial charge in [0.15, 0.2) is 0 Å². The molecule has 0 saturated carbocycles. The third-order valence-corrected chi connectivity index (χ3v) is 5.89.